The number of benzene rings is 4. The van der Waals surface area contributed by atoms with E-state index in [1.165, 1.54) is 0 Å². The SMILES string of the molecule is [Cl][Ga]1[N]2C3=NC4=N/C(=N\c5c6ccccc6c([n]51)/N=C1\N=C(NC2c2ccccc23)c2ccccc21)c1ccccc14. The molecule has 5 aromatic rings. The van der Waals surface area contributed by atoms with Gasteiger partial charge in [-0.15, -0.1) is 0 Å². The third kappa shape index (κ3) is 2.92. The van der Waals surface area contributed by atoms with Crippen molar-refractivity contribution < 1.29 is 0 Å². The van der Waals surface area contributed by atoms with E-state index >= 15 is 0 Å². The third-order valence-corrected chi connectivity index (χ3v) is 14.6. The molecule has 4 aromatic carbocycles. The molecule has 196 valence electrons. The minimum atomic E-state index is -3.31. The van der Waals surface area contributed by atoms with Gasteiger partial charge in [0.25, 0.3) is 0 Å². The number of aromatic nitrogens is 1. The van der Waals surface area contributed by atoms with Gasteiger partial charge in [0.1, 0.15) is 0 Å². The van der Waals surface area contributed by atoms with Gasteiger partial charge in [-0.25, -0.2) is 0 Å². The van der Waals surface area contributed by atoms with E-state index in [0.29, 0.717) is 17.5 Å². The van der Waals surface area contributed by atoms with Crippen molar-refractivity contribution in [3.63, 3.8) is 0 Å². The number of hydrogen-bond donors (Lipinski definition) is 1. The molecule has 6 bridgehead atoms. The summed E-state index contributed by atoms with van der Waals surface area (Å²) in [6.07, 6.45) is -0.280. The van der Waals surface area contributed by atoms with Crippen molar-refractivity contribution in [1.29, 1.82) is 0 Å². The van der Waals surface area contributed by atoms with Gasteiger partial charge in [0.15, 0.2) is 0 Å². The summed E-state index contributed by atoms with van der Waals surface area (Å²) in [6.45, 7) is 0. The van der Waals surface area contributed by atoms with Gasteiger partial charge in [0, 0.05) is 0 Å². The first kappa shape index (κ1) is 22.9. The summed E-state index contributed by atoms with van der Waals surface area (Å²) >= 11 is -3.31. The summed E-state index contributed by atoms with van der Waals surface area (Å²) in [5, 5.41) is 5.74. The van der Waals surface area contributed by atoms with Crippen LogP contribution in [0.25, 0.3) is 10.8 Å². The molecule has 1 atom stereocenters. The predicted molar refractivity (Wildman–Crippen MR) is 168 cm³/mol. The van der Waals surface area contributed by atoms with Crippen LogP contribution >= 0.6 is 9.64 Å². The van der Waals surface area contributed by atoms with Crippen LogP contribution in [0.1, 0.15) is 39.5 Å². The standard InChI is InChI=1S/C32H18N8.ClH.Ga/c1-2-10-18-17(9-1)25-33-26(18)38-28-21-13-5-6-14-22(21)30(35-28)40-32-24-16-8-7-15-23(24)31(36-32)39-29-20-12-4-3-11-19(20)27(34-29)37-25;;/h1-16,25H,(H-,33,34,35,37,38,39,40);1H;/q-2;;+3/p-1. The van der Waals surface area contributed by atoms with Gasteiger partial charge < -0.3 is 0 Å². The molecular formula is C32H18ClGaN8. The molecule has 0 radical (unpaired) electrons. The molecule has 0 fully saturated rings. The molecular weight excluding hydrogens is 602 g/mol. The summed E-state index contributed by atoms with van der Waals surface area (Å²) in [4.78, 5) is 25.9. The van der Waals surface area contributed by atoms with Crippen molar-refractivity contribution in [3.05, 3.63) is 130 Å². The molecule has 0 saturated carbocycles. The zero-order valence-corrected chi connectivity index (χ0v) is 25.1. The second-order valence-corrected chi connectivity index (χ2v) is 16.3. The predicted octanol–water partition coefficient (Wildman–Crippen LogP) is 5.77. The number of rotatable bonds is 0. The van der Waals surface area contributed by atoms with E-state index < -0.39 is 15.7 Å². The molecule has 8 nitrogen and oxygen atoms in total. The molecule has 5 aliphatic rings. The van der Waals surface area contributed by atoms with Crippen LogP contribution in [0.5, 0.6) is 0 Å². The van der Waals surface area contributed by atoms with Crippen molar-refractivity contribution in [3.8, 4) is 0 Å². The Morgan fingerprint density at radius 2 is 1.10 bits per heavy atom. The van der Waals surface area contributed by atoms with Gasteiger partial charge in [-0.05, 0) is 0 Å². The van der Waals surface area contributed by atoms with Gasteiger partial charge in [0.05, 0.1) is 0 Å². The van der Waals surface area contributed by atoms with Crippen molar-refractivity contribution in [2.75, 3.05) is 0 Å². The third-order valence-electron chi connectivity index (χ3n) is 8.50. The summed E-state index contributed by atoms with van der Waals surface area (Å²) in [7, 11) is 7.84. The Bertz CT molecular complexity index is 2220. The van der Waals surface area contributed by atoms with Gasteiger partial charge in [-0.3, -0.25) is 0 Å². The molecule has 0 aliphatic carbocycles. The molecule has 1 N–H and O–H groups in total. The molecule has 0 saturated heterocycles. The van der Waals surface area contributed by atoms with E-state index in [1.54, 1.807) is 0 Å². The average molecular weight is 620 g/mol. The Morgan fingerprint density at radius 3 is 1.79 bits per heavy atom. The van der Waals surface area contributed by atoms with Crippen LogP contribution in [0.3, 0.4) is 0 Å². The Labute approximate surface area is 249 Å². The maximum atomic E-state index is 7.84. The van der Waals surface area contributed by atoms with Crippen LogP contribution in [0, 0.1) is 0 Å². The fraction of sp³-hybridized carbons (Fsp3) is 0.0312. The number of halogens is 1. The first-order valence-corrected chi connectivity index (χ1v) is 19.1. The summed E-state index contributed by atoms with van der Waals surface area (Å²) in [5.74, 6) is 5.07. The van der Waals surface area contributed by atoms with E-state index in [4.69, 9.17) is 34.6 Å². The van der Waals surface area contributed by atoms with Gasteiger partial charge in [0.2, 0.25) is 0 Å². The van der Waals surface area contributed by atoms with E-state index in [2.05, 4.69) is 72.9 Å². The number of aliphatic imine (C=N–C) groups is 5. The molecule has 10 rings (SSSR count). The molecule has 1 aromatic heterocycles. The molecule has 0 amide bonds. The maximum absolute atomic E-state index is 7.84. The number of nitrogens with zero attached hydrogens (tertiary/aromatic N) is 7. The van der Waals surface area contributed by atoms with E-state index in [1.807, 2.05) is 36.4 Å². The number of amidine groups is 5. The zero-order valence-electron chi connectivity index (χ0n) is 21.9. The Hall–Kier alpha value is -4.70. The van der Waals surface area contributed by atoms with Crippen molar-refractivity contribution in [1.82, 2.24) is 12.2 Å². The van der Waals surface area contributed by atoms with E-state index in [-0.39, 0.29) is 6.17 Å². The molecule has 6 heterocycles. The fourth-order valence-corrected chi connectivity index (χ4v) is 12.7. The molecule has 42 heavy (non-hydrogen) atoms. The zero-order chi connectivity index (χ0) is 27.5. The summed E-state index contributed by atoms with van der Waals surface area (Å²) in [6, 6.07) is 33.0. The van der Waals surface area contributed by atoms with Crippen LogP contribution in [0.4, 0.5) is 11.6 Å². The summed E-state index contributed by atoms with van der Waals surface area (Å²) < 4.78 is 4.48. The normalized spacial score (nSPS) is 21.2. The molecule has 1 unspecified atom stereocenters. The first-order valence-electron chi connectivity index (χ1n) is 13.8. The van der Waals surface area contributed by atoms with E-state index in [0.717, 1.165) is 67.5 Å². The number of hydrogen-bond acceptors (Lipinski definition) is 7. The van der Waals surface area contributed by atoms with Crippen LogP contribution in [0.15, 0.2) is 122 Å². The molecule has 5 aliphatic heterocycles. The van der Waals surface area contributed by atoms with Crippen LogP contribution in [0.2, 0.25) is 0 Å². The van der Waals surface area contributed by atoms with Crippen LogP contribution < -0.4 is 5.32 Å². The van der Waals surface area contributed by atoms with Crippen molar-refractivity contribution in [2.45, 2.75) is 6.17 Å². The second kappa shape index (κ2) is 8.19. The van der Waals surface area contributed by atoms with Gasteiger partial charge >= 0.3 is 251 Å². The topological polar surface area (TPSA) is 82.0 Å². The van der Waals surface area contributed by atoms with Crippen molar-refractivity contribution >= 4 is 76.9 Å². The minimum absolute atomic E-state index is 0.280. The molecule has 0 spiro atoms. The number of fused-ring (bicyclic) bond motifs is 14. The van der Waals surface area contributed by atoms with Gasteiger partial charge in [-0.2, -0.15) is 0 Å². The van der Waals surface area contributed by atoms with E-state index in [9.17, 15) is 0 Å². The Kier molecular flexibility index (Phi) is 4.47. The first-order chi connectivity index (χ1) is 20.7. The Morgan fingerprint density at radius 1 is 0.571 bits per heavy atom. The van der Waals surface area contributed by atoms with Crippen molar-refractivity contribution in [2.24, 2.45) is 25.0 Å². The van der Waals surface area contributed by atoms with Crippen LogP contribution in [-0.4, -0.2) is 51.8 Å². The average Bonchev–Trinajstić information content (AvgIpc) is 3.74. The number of nitrogens with one attached hydrogen (secondary N) is 1. The monoisotopic (exact) mass is 618 g/mol. The van der Waals surface area contributed by atoms with Crippen LogP contribution in [-0.2, 0) is 0 Å². The fourth-order valence-electron chi connectivity index (χ4n) is 6.63. The summed E-state index contributed by atoms with van der Waals surface area (Å²) in [5.41, 5.74) is 6.05. The molecule has 10 heteroatoms. The second-order valence-electron chi connectivity index (χ2n) is 10.7. The Balaban J connectivity index is 1.39. The van der Waals surface area contributed by atoms with Gasteiger partial charge in [-0.1, -0.05) is 0 Å². The quantitative estimate of drug-likeness (QED) is 0.224.